The maximum Gasteiger partial charge on any atom is 0.161 e. The van der Waals surface area contributed by atoms with Crippen molar-refractivity contribution in [1.82, 2.24) is 9.97 Å². The first kappa shape index (κ1) is 13.7. The van der Waals surface area contributed by atoms with Crippen molar-refractivity contribution in [2.45, 2.75) is 20.3 Å². The molecule has 0 aliphatic carbocycles. The second kappa shape index (κ2) is 5.53. The van der Waals surface area contributed by atoms with Gasteiger partial charge in [-0.2, -0.15) is 0 Å². The van der Waals surface area contributed by atoms with Crippen LogP contribution in [0.2, 0.25) is 5.02 Å². The molecule has 0 radical (unpaired) electrons. The standard InChI is InChI=1S/C14H15ClFN3/c1-4-12-8(2)13(17-3)19-14(18-12)9-5-10(15)7-11(16)6-9/h5-7H,4H2,1-3H3,(H,17,18,19). The topological polar surface area (TPSA) is 37.8 Å². The van der Waals surface area contributed by atoms with E-state index < -0.39 is 5.82 Å². The lowest BCUT2D eigenvalue weighted by atomic mass is 10.1. The van der Waals surface area contributed by atoms with Crippen molar-refractivity contribution in [1.29, 1.82) is 0 Å². The van der Waals surface area contributed by atoms with E-state index in [0.717, 1.165) is 23.5 Å². The lowest BCUT2D eigenvalue weighted by Gasteiger charge is -2.11. The van der Waals surface area contributed by atoms with Crippen molar-refractivity contribution in [3.05, 3.63) is 40.3 Å². The van der Waals surface area contributed by atoms with Crippen LogP contribution in [0.5, 0.6) is 0 Å². The molecule has 19 heavy (non-hydrogen) atoms. The van der Waals surface area contributed by atoms with Gasteiger partial charge in [-0.1, -0.05) is 18.5 Å². The molecule has 1 aromatic carbocycles. The Bertz CT molecular complexity index is 568. The van der Waals surface area contributed by atoms with Crippen LogP contribution in [0, 0.1) is 12.7 Å². The number of nitrogens with one attached hydrogen (secondary N) is 1. The molecule has 0 atom stereocenters. The molecule has 0 fully saturated rings. The molecule has 2 aromatic rings. The highest BCUT2D eigenvalue weighted by molar-refractivity contribution is 6.30. The van der Waals surface area contributed by atoms with E-state index in [9.17, 15) is 4.39 Å². The Morgan fingerprint density at radius 2 is 2.00 bits per heavy atom. The molecule has 3 nitrogen and oxygen atoms in total. The van der Waals surface area contributed by atoms with Gasteiger partial charge in [-0.05, 0) is 31.5 Å². The number of aryl methyl sites for hydroxylation is 1. The van der Waals surface area contributed by atoms with Gasteiger partial charge in [0, 0.05) is 28.9 Å². The lowest BCUT2D eigenvalue weighted by Crippen LogP contribution is -2.04. The molecule has 0 amide bonds. The molecular formula is C14H15ClFN3. The maximum absolute atomic E-state index is 13.4. The summed E-state index contributed by atoms with van der Waals surface area (Å²) in [6, 6.07) is 4.31. The molecule has 1 heterocycles. The highest BCUT2D eigenvalue weighted by Crippen LogP contribution is 2.25. The fourth-order valence-corrected chi connectivity index (χ4v) is 2.18. The van der Waals surface area contributed by atoms with Gasteiger partial charge in [-0.3, -0.25) is 0 Å². The van der Waals surface area contributed by atoms with Crippen LogP contribution >= 0.6 is 11.6 Å². The number of hydrogen-bond donors (Lipinski definition) is 1. The molecule has 1 aromatic heterocycles. The average molecular weight is 280 g/mol. The van der Waals surface area contributed by atoms with Crippen molar-refractivity contribution < 1.29 is 4.39 Å². The zero-order chi connectivity index (χ0) is 14.0. The van der Waals surface area contributed by atoms with Crippen LogP contribution in [-0.2, 0) is 6.42 Å². The Morgan fingerprint density at radius 3 is 2.58 bits per heavy atom. The molecule has 100 valence electrons. The first-order valence-electron chi connectivity index (χ1n) is 6.07. The highest BCUT2D eigenvalue weighted by Gasteiger charge is 2.11. The van der Waals surface area contributed by atoms with Gasteiger partial charge in [0.25, 0.3) is 0 Å². The van der Waals surface area contributed by atoms with E-state index in [1.54, 1.807) is 13.1 Å². The summed E-state index contributed by atoms with van der Waals surface area (Å²) in [5, 5.41) is 3.37. The third-order valence-corrected chi connectivity index (χ3v) is 3.16. The van der Waals surface area contributed by atoms with Crippen molar-refractivity contribution in [3.8, 4) is 11.4 Å². The number of anilines is 1. The van der Waals surface area contributed by atoms with Gasteiger partial charge in [0.15, 0.2) is 5.82 Å². The van der Waals surface area contributed by atoms with Gasteiger partial charge in [0.2, 0.25) is 0 Å². The van der Waals surface area contributed by atoms with Crippen LogP contribution in [0.4, 0.5) is 10.2 Å². The van der Waals surface area contributed by atoms with E-state index in [-0.39, 0.29) is 0 Å². The summed E-state index contributed by atoms with van der Waals surface area (Å²) in [4.78, 5) is 8.88. The summed E-state index contributed by atoms with van der Waals surface area (Å²) in [7, 11) is 1.80. The summed E-state index contributed by atoms with van der Waals surface area (Å²) in [5.74, 6) is 0.839. The summed E-state index contributed by atoms with van der Waals surface area (Å²) < 4.78 is 13.4. The number of benzene rings is 1. The lowest BCUT2D eigenvalue weighted by molar-refractivity contribution is 0.628. The Hall–Kier alpha value is -1.68. The molecule has 0 saturated carbocycles. The third-order valence-electron chi connectivity index (χ3n) is 2.94. The Kier molecular flexibility index (Phi) is 4.00. The van der Waals surface area contributed by atoms with Crippen LogP contribution in [0.3, 0.4) is 0 Å². The Labute approximate surface area is 116 Å². The van der Waals surface area contributed by atoms with Gasteiger partial charge in [-0.15, -0.1) is 0 Å². The van der Waals surface area contributed by atoms with Crippen molar-refractivity contribution in [3.63, 3.8) is 0 Å². The van der Waals surface area contributed by atoms with E-state index >= 15 is 0 Å². The molecule has 0 unspecified atom stereocenters. The predicted molar refractivity (Wildman–Crippen MR) is 76.1 cm³/mol. The quantitative estimate of drug-likeness (QED) is 0.927. The van der Waals surface area contributed by atoms with Gasteiger partial charge in [0.1, 0.15) is 11.6 Å². The highest BCUT2D eigenvalue weighted by atomic mass is 35.5. The van der Waals surface area contributed by atoms with E-state index in [1.165, 1.54) is 12.1 Å². The van der Waals surface area contributed by atoms with Crippen molar-refractivity contribution >= 4 is 17.4 Å². The molecule has 1 N–H and O–H groups in total. The van der Waals surface area contributed by atoms with E-state index in [4.69, 9.17) is 11.6 Å². The maximum atomic E-state index is 13.4. The molecular weight excluding hydrogens is 265 g/mol. The molecule has 0 aliphatic heterocycles. The minimum absolute atomic E-state index is 0.336. The number of rotatable bonds is 3. The van der Waals surface area contributed by atoms with E-state index in [2.05, 4.69) is 15.3 Å². The van der Waals surface area contributed by atoms with Crippen molar-refractivity contribution in [2.24, 2.45) is 0 Å². The number of aromatic nitrogens is 2. The average Bonchev–Trinajstić information content (AvgIpc) is 2.37. The molecule has 0 spiro atoms. The predicted octanol–water partition coefficient (Wildman–Crippen LogP) is 3.85. The van der Waals surface area contributed by atoms with Crippen LogP contribution in [0.1, 0.15) is 18.2 Å². The fourth-order valence-electron chi connectivity index (χ4n) is 1.96. The summed E-state index contributed by atoms with van der Waals surface area (Å²) in [6.45, 7) is 3.99. The second-order valence-electron chi connectivity index (χ2n) is 4.23. The number of hydrogen-bond acceptors (Lipinski definition) is 3. The molecule has 5 heteroatoms. The fraction of sp³-hybridized carbons (Fsp3) is 0.286. The number of nitrogens with zero attached hydrogens (tertiary/aromatic N) is 2. The normalized spacial score (nSPS) is 10.6. The van der Waals surface area contributed by atoms with Gasteiger partial charge in [0.05, 0.1) is 0 Å². The van der Waals surface area contributed by atoms with Crippen LogP contribution < -0.4 is 5.32 Å². The second-order valence-corrected chi connectivity index (χ2v) is 4.67. The zero-order valence-corrected chi connectivity index (χ0v) is 11.8. The third kappa shape index (κ3) is 2.84. The van der Waals surface area contributed by atoms with E-state index in [1.807, 2.05) is 13.8 Å². The Morgan fingerprint density at radius 1 is 1.26 bits per heavy atom. The SMILES string of the molecule is CCc1nc(-c2cc(F)cc(Cl)c2)nc(NC)c1C. The minimum atomic E-state index is -0.393. The van der Waals surface area contributed by atoms with E-state index in [0.29, 0.717) is 16.4 Å². The van der Waals surface area contributed by atoms with Crippen molar-refractivity contribution in [2.75, 3.05) is 12.4 Å². The number of halogens is 2. The first-order valence-corrected chi connectivity index (χ1v) is 6.44. The summed E-state index contributed by atoms with van der Waals surface area (Å²) >= 11 is 5.87. The molecule has 2 rings (SSSR count). The first-order chi connectivity index (χ1) is 9.05. The molecule has 0 bridgehead atoms. The summed E-state index contributed by atoms with van der Waals surface area (Å²) in [5.41, 5.74) is 2.53. The zero-order valence-electron chi connectivity index (χ0n) is 11.1. The van der Waals surface area contributed by atoms with Crippen LogP contribution in [-0.4, -0.2) is 17.0 Å². The van der Waals surface area contributed by atoms with Gasteiger partial charge < -0.3 is 5.32 Å². The smallest absolute Gasteiger partial charge is 0.161 e. The summed E-state index contributed by atoms with van der Waals surface area (Å²) in [6.07, 6.45) is 0.791. The minimum Gasteiger partial charge on any atom is -0.373 e. The molecule has 0 saturated heterocycles. The van der Waals surface area contributed by atoms with Crippen LogP contribution in [0.25, 0.3) is 11.4 Å². The largest absolute Gasteiger partial charge is 0.373 e. The monoisotopic (exact) mass is 279 g/mol. The van der Waals surface area contributed by atoms with Gasteiger partial charge in [-0.25, -0.2) is 14.4 Å². The Balaban J connectivity index is 2.61. The molecule has 0 aliphatic rings. The van der Waals surface area contributed by atoms with Gasteiger partial charge >= 0.3 is 0 Å². The van der Waals surface area contributed by atoms with Crippen LogP contribution in [0.15, 0.2) is 18.2 Å².